The largest absolute Gasteiger partial charge is 0.279 e. The van der Waals surface area contributed by atoms with E-state index in [0.717, 1.165) is 5.56 Å². The van der Waals surface area contributed by atoms with E-state index in [9.17, 15) is 17.6 Å². The second-order valence-corrected chi connectivity index (χ2v) is 10.4. The Morgan fingerprint density at radius 1 is 1.06 bits per heavy atom. The molecule has 0 aliphatic carbocycles. The molecule has 0 aliphatic rings. The fourth-order valence-corrected chi connectivity index (χ4v) is 5.99. The molecule has 0 saturated carbocycles. The maximum absolute atomic E-state index is 13.7. The topological polar surface area (TPSA) is 83.5 Å². The summed E-state index contributed by atoms with van der Waals surface area (Å²) in [6.45, 7) is 4.47. The number of fused-ring (bicyclic) bond motifs is 1. The van der Waals surface area contributed by atoms with Crippen molar-refractivity contribution in [2.75, 3.05) is 18.0 Å². The zero-order valence-electron chi connectivity index (χ0n) is 18.7. The van der Waals surface area contributed by atoms with Gasteiger partial charge in [0.2, 0.25) is 10.0 Å². The molecule has 0 spiro atoms. The summed E-state index contributed by atoms with van der Waals surface area (Å²) in [5, 5.41) is 0.411. The lowest BCUT2D eigenvalue weighted by molar-refractivity contribution is 0.0985. The summed E-state index contributed by atoms with van der Waals surface area (Å²) >= 11 is 1.21. The lowest BCUT2D eigenvalue weighted by Gasteiger charge is -2.21. The van der Waals surface area contributed by atoms with Gasteiger partial charge < -0.3 is 0 Å². The predicted molar refractivity (Wildman–Crippen MR) is 131 cm³/mol. The third-order valence-corrected chi connectivity index (χ3v) is 8.43. The van der Waals surface area contributed by atoms with E-state index in [1.54, 1.807) is 38.4 Å². The molecule has 2 heterocycles. The third-order valence-electron chi connectivity index (χ3n) is 5.32. The van der Waals surface area contributed by atoms with E-state index in [1.165, 1.54) is 56.9 Å². The van der Waals surface area contributed by atoms with E-state index in [2.05, 4.69) is 9.97 Å². The standard InChI is InChI=1S/C24H23FN4O3S2/c1-3-28(4-2)34(31,32)20-10-7-18(8-11-20)23(30)29(16-17-6-5-13-26-15-17)24-27-21-12-9-19(25)14-22(21)33-24/h5-15H,3-4,16H2,1-2H3. The van der Waals surface area contributed by atoms with Crippen molar-refractivity contribution in [1.82, 2.24) is 14.3 Å². The maximum atomic E-state index is 13.7. The molecule has 34 heavy (non-hydrogen) atoms. The molecular weight excluding hydrogens is 475 g/mol. The summed E-state index contributed by atoms with van der Waals surface area (Å²) in [4.78, 5) is 23.8. The molecule has 7 nitrogen and oxygen atoms in total. The van der Waals surface area contributed by atoms with Crippen molar-refractivity contribution in [3.63, 3.8) is 0 Å². The van der Waals surface area contributed by atoms with Crippen molar-refractivity contribution >= 4 is 42.6 Å². The summed E-state index contributed by atoms with van der Waals surface area (Å²) in [7, 11) is -3.63. The summed E-state index contributed by atoms with van der Waals surface area (Å²) in [5.74, 6) is -0.729. The monoisotopic (exact) mass is 498 g/mol. The van der Waals surface area contributed by atoms with Crippen molar-refractivity contribution in [1.29, 1.82) is 0 Å². The van der Waals surface area contributed by atoms with E-state index < -0.39 is 10.0 Å². The zero-order chi connectivity index (χ0) is 24.3. The number of sulfonamides is 1. The van der Waals surface area contributed by atoms with Crippen LogP contribution in [-0.4, -0.2) is 41.7 Å². The maximum Gasteiger partial charge on any atom is 0.260 e. The van der Waals surface area contributed by atoms with Crippen LogP contribution in [0, 0.1) is 5.82 Å². The number of pyridine rings is 1. The minimum atomic E-state index is -3.63. The second-order valence-electron chi connectivity index (χ2n) is 7.47. The van der Waals surface area contributed by atoms with E-state index in [1.807, 2.05) is 6.07 Å². The van der Waals surface area contributed by atoms with Crippen LogP contribution in [0.2, 0.25) is 0 Å². The Morgan fingerprint density at radius 3 is 2.44 bits per heavy atom. The Bertz CT molecular complexity index is 1400. The first kappa shape index (κ1) is 23.9. The van der Waals surface area contributed by atoms with Gasteiger partial charge in [0.1, 0.15) is 5.82 Å². The van der Waals surface area contributed by atoms with Gasteiger partial charge >= 0.3 is 0 Å². The summed E-state index contributed by atoms with van der Waals surface area (Å²) in [6.07, 6.45) is 3.30. The lowest BCUT2D eigenvalue weighted by Crippen LogP contribution is -2.31. The first-order valence-corrected chi connectivity index (χ1v) is 13.0. The van der Waals surface area contributed by atoms with Gasteiger partial charge in [-0.25, -0.2) is 17.8 Å². The average Bonchev–Trinajstić information content (AvgIpc) is 3.26. The Hall–Kier alpha value is -3.21. The summed E-state index contributed by atoms with van der Waals surface area (Å²) in [6, 6.07) is 13.8. The van der Waals surface area contributed by atoms with Gasteiger partial charge in [0.25, 0.3) is 5.91 Å². The number of hydrogen-bond acceptors (Lipinski definition) is 6. The van der Waals surface area contributed by atoms with Crippen LogP contribution in [0.3, 0.4) is 0 Å². The molecule has 4 rings (SSSR count). The number of thiazole rings is 1. The predicted octanol–water partition coefficient (Wildman–Crippen LogP) is 4.71. The number of halogens is 1. The van der Waals surface area contributed by atoms with Crippen LogP contribution in [0.15, 0.2) is 71.9 Å². The lowest BCUT2D eigenvalue weighted by atomic mass is 10.2. The van der Waals surface area contributed by atoms with Gasteiger partial charge in [0.05, 0.1) is 21.7 Å². The van der Waals surface area contributed by atoms with Crippen LogP contribution in [-0.2, 0) is 16.6 Å². The third kappa shape index (κ3) is 4.84. The number of aromatic nitrogens is 2. The first-order valence-electron chi connectivity index (χ1n) is 10.7. The van der Waals surface area contributed by atoms with Crippen molar-refractivity contribution in [2.45, 2.75) is 25.3 Å². The number of carbonyl (C=O) groups excluding carboxylic acids is 1. The quantitative estimate of drug-likeness (QED) is 0.351. The van der Waals surface area contributed by atoms with Gasteiger partial charge in [-0.15, -0.1) is 0 Å². The van der Waals surface area contributed by atoms with Gasteiger partial charge in [0.15, 0.2) is 5.13 Å². The van der Waals surface area contributed by atoms with Crippen LogP contribution in [0.5, 0.6) is 0 Å². The van der Waals surface area contributed by atoms with E-state index in [4.69, 9.17) is 0 Å². The van der Waals surface area contributed by atoms with Crippen LogP contribution < -0.4 is 4.90 Å². The van der Waals surface area contributed by atoms with Gasteiger partial charge in [-0.2, -0.15) is 4.31 Å². The number of hydrogen-bond donors (Lipinski definition) is 0. The number of nitrogens with zero attached hydrogens (tertiary/aromatic N) is 4. The molecule has 0 fully saturated rings. The molecule has 0 N–H and O–H groups in total. The summed E-state index contributed by atoms with van der Waals surface area (Å²) in [5.41, 5.74) is 1.70. The fraction of sp³-hybridized carbons (Fsp3) is 0.208. The Morgan fingerprint density at radius 2 is 1.79 bits per heavy atom. The number of benzene rings is 2. The number of rotatable bonds is 8. The molecule has 10 heteroatoms. The van der Waals surface area contributed by atoms with Gasteiger partial charge in [-0.3, -0.25) is 14.7 Å². The molecule has 2 aromatic carbocycles. The normalized spacial score (nSPS) is 11.8. The van der Waals surface area contributed by atoms with Crippen molar-refractivity contribution in [2.24, 2.45) is 0 Å². The SMILES string of the molecule is CCN(CC)S(=O)(=O)c1ccc(C(=O)N(Cc2cccnc2)c2nc3ccc(F)cc3s2)cc1. The van der Waals surface area contributed by atoms with Crippen molar-refractivity contribution in [3.8, 4) is 0 Å². The molecule has 0 atom stereocenters. The molecule has 4 aromatic rings. The Labute approximate surface area is 201 Å². The van der Waals surface area contributed by atoms with Crippen LogP contribution in [0.4, 0.5) is 9.52 Å². The molecule has 0 saturated heterocycles. The van der Waals surface area contributed by atoms with Crippen LogP contribution in [0.1, 0.15) is 29.8 Å². The van der Waals surface area contributed by atoms with E-state index in [-0.39, 0.29) is 23.2 Å². The molecular formula is C24H23FN4O3S2. The minimum absolute atomic E-state index is 0.127. The highest BCUT2D eigenvalue weighted by atomic mass is 32.2. The van der Waals surface area contributed by atoms with Gasteiger partial charge in [-0.05, 0) is 54.1 Å². The molecule has 0 radical (unpaired) electrons. The molecule has 0 aliphatic heterocycles. The summed E-state index contributed by atoms with van der Waals surface area (Å²) < 4.78 is 41.2. The highest BCUT2D eigenvalue weighted by molar-refractivity contribution is 7.89. The second kappa shape index (κ2) is 9.96. The van der Waals surface area contributed by atoms with Gasteiger partial charge in [-0.1, -0.05) is 31.3 Å². The number of carbonyl (C=O) groups is 1. The fourth-order valence-electron chi connectivity index (χ4n) is 3.54. The average molecular weight is 499 g/mol. The molecule has 1 amide bonds. The van der Waals surface area contributed by atoms with E-state index >= 15 is 0 Å². The molecule has 0 bridgehead atoms. The molecule has 2 aromatic heterocycles. The Kier molecular flexibility index (Phi) is 7.01. The number of anilines is 1. The molecule has 0 unspecified atom stereocenters. The smallest absolute Gasteiger partial charge is 0.260 e. The number of amides is 1. The van der Waals surface area contributed by atoms with E-state index in [0.29, 0.717) is 34.0 Å². The van der Waals surface area contributed by atoms with Crippen LogP contribution >= 0.6 is 11.3 Å². The van der Waals surface area contributed by atoms with Gasteiger partial charge in [0, 0.05) is 31.0 Å². The first-order chi connectivity index (χ1) is 16.3. The minimum Gasteiger partial charge on any atom is -0.279 e. The van der Waals surface area contributed by atoms with Crippen LogP contribution in [0.25, 0.3) is 10.2 Å². The zero-order valence-corrected chi connectivity index (χ0v) is 20.3. The molecule has 176 valence electrons. The Balaban J connectivity index is 1.70. The highest BCUT2D eigenvalue weighted by Gasteiger charge is 2.25. The van der Waals surface area contributed by atoms with Crippen molar-refractivity contribution in [3.05, 3.63) is 83.9 Å². The highest BCUT2D eigenvalue weighted by Crippen LogP contribution is 2.31. The van der Waals surface area contributed by atoms with Crippen molar-refractivity contribution < 1.29 is 17.6 Å².